The molecule has 0 aliphatic rings. The second kappa shape index (κ2) is 9.19. The Hall–Kier alpha value is -2.86. The highest BCUT2D eigenvalue weighted by Crippen LogP contribution is 2.14. The molecule has 0 aliphatic heterocycles. The zero-order valence-corrected chi connectivity index (χ0v) is 16.2. The molecule has 144 valence electrons. The summed E-state index contributed by atoms with van der Waals surface area (Å²) in [5.74, 6) is -0.222. The maximum atomic E-state index is 12.4. The zero-order valence-electron chi connectivity index (χ0n) is 16.2. The van der Waals surface area contributed by atoms with Gasteiger partial charge >= 0.3 is 6.09 Å². The van der Waals surface area contributed by atoms with Crippen molar-refractivity contribution < 1.29 is 19.1 Å². The molecule has 0 aromatic heterocycles. The topological polar surface area (TPSA) is 76.7 Å². The maximum absolute atomic E-state index is 12.4. The zero-order chi connectivity index (χ0) is 19.9. The average molecular weight is 370 g/mol. The average Bonchev–Trinajstić information content (AvgIpc) is 2.59. The van der Waals surface area contributed by atoms with Gasteiger partial charge in [-0.25, -0.2) is 4.79 Å². The summed E-state index contributed by atoms with van der Waals surface area (Å²) in [4.78, 5) is 24.3. The molecule has 0 spiro atoms. The predicted octanol–water partition coefficient (Wildman–Crippen LogP) is 4.11. The first-order valence-electron chi connectivity index (χ1n) is 8.72. The number of hydrogen-bond donors (Lipinski definition) is 2. The number of carbonyl (C=O) groups excluding carboxylic acids is 2. The van der Waals surface area contributed by atoms with Crippen molar-refractivity contribution in [3.8, 4) is 0 Å². The fourth-order valence-corrected chi connectivity index (χ4v) is 2.44. The summed E-state index contributed by atoms with van der Waals surface area (Å²) in [5.41, 5.74) is 2.40. The maximum Gasteiger partial charge on any atom is 0.412 e. The Morgan fingerprint density at radius 1 is 1.00 bits per heavy atom. The summed E-state index contributed by atoms with van der Waals surface area (Å²) in [5, 5.41) is 5.51. The van der Waals surface area contributed by atoms with E-state index in [1.54, 1.807) is 52.1 Å². The lowest BCUT2D eigenvalue weighted by molar-refractivity contribution is 0.0635. The Balaban J connectivity index is 1.96. The van der Waals surface area contributed by atoms with Crippen molar-refractivity contribution in [2.75, 3.05) is 12.4 Å². The fraction of sp³-hybridized carbons (Fsp3) is 0.333. The van der Waals surface area contributed by atoms with Crippen LogP contribution in [0.15, 0.2) is 48.5 Å². The quantitative estimate of drug-likeness (QED) is 0.802. The van der Waals surface area contributed by atoms with Gasteiger partial charge in [0.05, 0.1) is 6.61 Å². The highest BCUT2D eigenvalue weighted by atomic mass is 16.6. The number of carbonyl (C=O) groups is 2. The molecule has 6 nitrogen and oxygen atoms in total. The molecule has 2 aromatic carbocycles. The molecule has 0 atom stereocenters. The molecule has 0 bridgehead atoms. The summed E-state index contributed by atoms with van der Waals surface area (Å²) in [6.07, 6.45) is -0.560. The Kier molecular flexibility index (Phi) is 6.96. The summed E-state index contributed by atoms with van der Waals surface area (Å²) >= 11 is 0. The third-order valence-corrected chi connectivity index (χ3v) is 3.53. The van der Waals surface area contributed by atoms with Crippen LogP contribution in [0.4, 0.5) is 10.5 Å². The van der Waals surface area contributed by atoms with Gasteiger partial charge in [-0.05, 0) is 50.1 Å². The van der Waals surface area contributed by atoms with Crippen LogP contribution in [0.25, 0.3) is 0 Å². The Bertz CT molecular complexity index is 797. The van der Waals surface area contributed by atoms with Crippen LogP contribution >= 0.6 is 0 Å². The minimum absolute atomic E-state index is 0.222. The normalized spacial score (nSPS) is 11.0. The molecule has 2 aromatic rings. The summed E-state index contributed by atoms with van der Waals surface area (Å²) in [6, 6.07) is 14.6. The lowest BCUT2D eigenvalue weighted by Gasteiger charge is -2.19. The molecular weight excluding hydrogens is 344 g/mol. The van der Waals surface area contributed by atoms with E-state index in [2.05, 4.69) is 10.6 Å². The second-order valence-electron chi connectivity index (χ2n) is 7.14. The lowest BCUT2D eigenvalue weighted by atomic mass is 10.1. The third kappa shape index (κ3) is 7.11. The molecule has 0 saturated heterocycles. The number of ether oxygens (including phenoxy) is 2. The van der Waals surface area contributed by atoms with Crippen LogP contribution in [-0.2, 0) is 22.6 Å². The predicted molar refractivity (Wildman–Crippen MR) is 105 cm³/mol. The molecule has 0 unspecified atom stereocenters. The number of hydrogen-bond acceptors (Lipinski definition) is 4. The van der Waals surface area contributed by atoms with E-state index >= 15 is 0 Å². The molecule has 2 amide bonds. The summed E-state index contributed by atoms with van der Waals surface area (Å²) in [7, 11) is 1.65. The second-order valence-corrected chi connectivity index (χ2v) is 7.14. The molecule has 6 heteroatoms. The van der Waals surface area contributed by atoms with Gasteiger partial charge in [0, 0.05) is 24.9 Å². The highest BCUT2D eigenvalue weighted by molar-refractivity contribution is 5.96. The largest absolute Gasteiger partial charge is 0.444 e. The van der Waals surface area contributed by atoms with Gasteiger partial charge < -0.3 is 14.8 Å². The van der Waals surface area contributed by atoms with Gasteiger partial charge in [0.2, 0.25) is 0 Å². The van der Waals surface area contributed by atoms with Crippen LogP contribution in [0, 0.1) is 0 Å². The molecule has 0 fully saturated rings. The minimum atomic E-state index is -0.587. The van der Waals surface area contributed by atoms with Crippen LogP contribution in [0.1, 0.15) is 42.3 Å². The number of benzene rings is 2. The minimum Gasteiger partial charge on any atom is -0.444 e. The standard InChI is InChI=1S/C21H26N2O4/c1-21(2,3)27-20(25)23-18-10-6-9-17(12-18)19(24)22-13-15-7-5-8-16(11-15)14-26-4/h5-12H,13-14H2,1-4H3,(H,22,24)(H,23,25). The van der Waals surface area contributed by atoms with Crippen LogP contribution < -0.4 is 10.6 Å². The van der Waals surface area contributed by atoms with Crippen LogP contribution in [0.2, 0.25) is 0 Å². The van der Waals surface area contributed by atoms with Crippen molar-refractivity contribution in [2.45, 2.75) is 39.5 Å². The first-order valence-corrected chi connectivity index (χ1v) is 8.72. The number of amides is 2. The molecule has 0 radical (unpaired) electrons. The van der Waals surface area contributed by atoms with Gasteiger partial charge in [-0.2, -0.15) is 0 Å². The van der Waals surface area contributed by atoms with Crippen molar-refractivity contribution in [1.82, 2.24) is 5.32 Å². The van der Waals surface area contributed by atoms with Crippen molar-refractivity contribution in [3.63, 3.8) is 0 Å². The molecule has 2 rings (SSSR count). The highest BCUT2D eigenvalue weighted by Gasteiger charge is 2.16. The smallest absolute Gasteiger partial charge is 0.412 e. The lowest BCUT2D eigenvalue weighted by Crippen LogP contribution is -2.27. The molecule has 0 aliphatic carbocycles. The van der Waals surface area contributed by atoms with Crippen molar-refractivity contribution >= 4 is 17.7 Å². The van der Waals surface area contributed by atoms with Crippen molar-refractivity contribution in [2.24, 2.45) is 0 Å². The molecule has 0 saturated carbocycles. The van der Waals surface area contributed by atoms with E-state index in [9.17, 15) is 9.59 Å². The van der Waals surface area contributed by atoms with Gasteiger partial charge in [0.25, 0.3) is 5.91 Å². The van der Waals surface area contributed by atoms with E-state index in [1.807, 2.05) is 24.3 Å². The van der Waals surface area contributed by atoms with Crippen LogP contribution in [0.3, 0.4) is 0 Å². The number of methoxy groups -OCH3 is 1. The Labute approximate surface area is 159 Å². The first kappa shape index (κ1) is 20.5. The SMILES string of the molecule is COCc1cccc(CNC(=O)c2cccc(NC(=O)OC(C)(C)C)c2)c1. The van der Waals surface area contributed by atoms with E-state index in [0.29, 0.717) is 24.4 Å². The van der Waals surface area contributed by atoms with Gasteiger partial charge in [0.1, 0.15) is 5.60 Å². The van der Waals surface area contributed by atoms with E-state index < -0.39 is 11.7 Å². The van der Waals surface area contributed by atoms with E-state index in [0.717, 1.165) is 11.1 Å². The van der Waals surface area contributed by atoms with Gasteiger partial charge in [-0.15, -0.1) is 0 Å². The molecule has 0 heterocycles. The van der Waals surface area contributed by atoms with Gasteiger partial charge in [-0.1, -0.05) is 30.3 Å². The molecular formula is C21H26N2O4. The van der Waals surface area contributed by atoms with E-state index in [4.69, 9.17) is 9.47 Å². The first-order chi connectivity index (χ1) is 12.8. The fourth-order valence-electron chi connectivity index (χ4n) is 2.44. The van der Waals surface area contributed by atoms with Crippen molar-refractivity contribution in [3.05, 3.63) is 65.2 Å². The third-order valence-electron chi connectivity index (χ3n) is 3.53. The van der Waals surface area contributed by atoms with Gasteiger partial charge in [-0.3, -0.25) is 10.1 Å². The Morgan fingerprint density at radius 2 is 1.70 bits per heavy atom. The molecule has 2 N–H and O–H groups in total. The summed E-state index contributed by atoms with van der Waals surface area (Å²) in [6.45, 7) is 6.30. The summed E-state index contributed by atoms with van der Waals surface area (Å²) < 4.78 is 10.3. The Morgan fingerprint density at radius 3 is 2.41 bits per heavy atom. The number of nitrogens with one attached hydrogen (secondary N) is 2. The van der Waals surface area contributed by atoms with E-state index in [1.165, 1.54) is 0 Å². The number of rotatable bonds is 6. The van der Waals surface area contributed by atoms with Gasteiger partial charge in [0.15, 0.2) is 0 Å². The molecule has 27 heavy (non-hydrogen) atoms. The van der Waals surface area contributed by atoms with Crippen molar-refractivity contribution in [1.29, 1.82) is 0 Å². The monoisotopic (exact) mass is 370 g/mol. The van der Waals surface area contributed by atoms with E-state index in [-0.39, 0.29) is 5.91 Å². The number of anilines is 1. The van der Waals surface area contributed by atoms with Crippen LogP contribution in [0.5, 0.6) is 0 Å². The van der Waals surface area contributed by atoms with Crippen LogP contribution in [-0.4, -0.2) is 24.7 Å².